The molecule has 2 fully saturated rings. The van der Waals surface area contributed by atoms with Crippen LogP contribution in [0.2, 0.25) is 0 Å². The molecule has 2 aliphatic heterocycles. The van der Waals surface area contributed by atoms with Crippen molar-refractivity contribution in [3.05, 3.63) is 24.0 Å². The number of sulfonamides is 1. The maximum Gasteiger partial charge on any atom is 0.246 e. The maximum atomic E-state index is 14.4. The highest BCUT2D eigenvalue weighted by atomic mass is 32.2. The molecule has 2 heterocycles. The molecular formula is C21H32FN3O5S. The summed E-state index contributed by atoms with van der Waals surface area (Å²) in [6.45, 7) is 10.0. The average Bonchev–Trinajstić information content (AvgIpc) is 2.69. The number of nitrogens with zero attached hydrogens (tertiary/aromatic N) is 2. The molecule has 0 bridgehead atoms. The lowest BCUT2D eigenvalue weighted by molar-refractivity contribution is -0.130. The number of nitrogens with one attached hydrogen (secondary N) is 1. The Morgan fingerprint density at radius 3 is 2.35 bits per heavy atom. The molecule has 31 heavy (non-hydrogen) atoms. The second-order valence-corrected chi connectivity index (χ2v) is 10.5. The topological polar surface area (TPSA) is 88.2 Å². The summed E-state index contributed by atoms with van der Waals surface area (Å²) in [5.74, 6) is -1.08. The zero-order chi connectivity index (χ0) is 22.8. The van der Waals surface area contributed by atoms with E-state index in [2.05, 4.69) is 10.2 Å². The molecule has 3 unspecified atom stereocenters. The molecule has 1 aromatic carbocycles. The van der Waals surface area contributed by atoms with E-state index in [1.165, 1.54) is 16.4 Å². The number of carbonyl (C=O) groups excluding carboxylic acids is 1. The zero-order valence-corrected chi connectivity index (χ0v) is 19.3. The van der Waals surface area contributed by atoms with Gasteiger partial charge in [0.1, 0.15) is 10.7 Å². The van der Waals surface area contributed by atoms with Gasteiger partial charge >= 0.3 is 0 Å². The van der Waals surface area contributed by atoms with Crippen LogP contribution in [0.15, 0.2) is 23.1 Å². The molecule has 0 saturated carbocycles. The molecule has 2 saturated heterocycles. The molecule has 0 spiro atoms. The molecule has 1 amide bonds. The van der Waals surface area contributed by atoms with Crippen LogP contribution >= 0.6 is 0 Å². The Bertz CT molecular complexity index is 879. The van der Waals surface area contributed by atoms with E-state index in [1.807, 2.05) is 27.7 Å². The van der Waals surface area contributed by atoms with E-state index in [4.69, 9.17) is 9.47 Å². The summed E-state index contributed by atoms with van der Waals surface area (Å²) in [5, 5.41) is 2.80. The quantitative estimate of drug-likeness (QED) is 0.702. The molecule has 1 N–H and O–H groups in total. The lowest BCUT2D eigenvalue weighted by atomic mass is 9.99. The van der Waals surface area contributed by atoms with E-state index in [9.17, 15) is 17.6 Å². The minimum atomic E-state index is -4.02. The van der Waals surface area contributed by atoms with Crippen LogP contribution < -0.4 is 5.32 Å². The predicted molar refractivity (Wildman–Crippen MR) is 115 cm³/mol. The molecular weight excluding hydrogens is 425 g/mol. The van der Waals surface area contributed by atoms with Crippen molar-refractivity contribution in [2.45, 2.75) is 50.8 Å². The SMILES string of the molecule is CC1CN(C(C(=O)Nc2ccc(F)c(S(=O)(=O)N3CCOCC3)c2)C(C)C)CC(C)O1. The predicted octanol–water partition coefficient (Wildman–Crippen LogP) is 1.92. The first-order chi connectivity index (χ1) is 14.6. The monoisotopic (exact) mass is 457 g/mol. The highest BCUT2D eigenvalue weighted by molar-refractivity contribution is 7.89. The van der Waals surface area contributed by atoms with E-state index in [0.717, 1.165) is 6.07 Å². The van der Waals surface area contributed by atoms with Crippen molar-refractivity contribution in [3.8, 4) is 0 Å². The second-order valence-electron chi connectivity index (χ2n) is 8.55. The molecule has 174 valence electrons. The molecule has 0 aliphatic carbocycles. The molecule has 0 aromatic heterocycles. The summed E-state index contributed by atoms with van der Waals surface area (Å²) in [5.41, 5.74) is 0.248. The smallest absolute Gasteiger partial charge is 0.246 e. The van der Waals surface area contributed by atoms with Gasteiger partial charge in [0, 0.05) is 31.9 Å². The Hall–Kier alpha value is -1.59. The van der Waals surface area contributed by atoms with Gasteiger partial charge < -0.3 is 14.8 Å². The van der Waals surface area contributed by atoms with Crippen LogP contribution in [0.3, 0.4) is 0 Å². The summed E-state index contributed by atoms with van der Waals surface area (Å²) in [6, 6.07) is 3.23. The minimum absolute atomic E-state index is 0.00823. The summed E-state index contributed by atoms with van der Waals surface area (Å²) in [6.07, 6.45) is 0.0165. The van der Waals surface area contributed by atoms with Crippen LogP contribution in [-0.4, -0.2) is 81.2 Å². The Kier molecular flexibility index (Phi) is 7.69. The number of carbonyl (C=O) groups is 1. The lowest BCUT2D eigenvalue weighted by Gasteiger charge is -2.41. The molecule has 1 aromatic rings. The molecule has 8 nitrogen and oxygen atoms in total. The number of ether oxygens (including phenoxy) is 2. The van der Waals surface area contributed by atoms with Gasteiger partial charge in [-0.25, -0.2) is 12.8 Å². The third-order valence-corrected chi connectivity index (χ3v) is 7.44. The number of morpholine rings is 2. The third-order valence-electron chi connectivity index (χ3n) is 5.53. The Balaban J connectivity index is 1.81. The van der Waals surface area contributed by atoms with Crippen LogP contribution in [0.5, 0.6) is 0 Å². The van der Waals surface area contributed by atoms with Gasteiger partial charge in [-0.3, -0.25) is 9.69 Å². The molecule has 3 atom stereocenters. The second kappa shape index (κ2) is 9.91. The van der Waals surface area contributed by atoms with Gasteiger partial charge in [0.15, 0.2) is 0 Å². The number of hydrogen-bond donors (Lipinski definition) is 1. The maximum absolute atomic E-state index is 14.4. The van der Waals surface area contributed by atoms with E-state index in [-0.39, 0.29) is 56.0 Å². The standard InChI is InChI=1S/C21H32FN3O5S/c1-14(2)20(24-12-15(3)30-16(4)13-24)21(26)23-17-5-6-18(22)19(11-17)31(27,28)25-7-9-29-10-8-25/h5-6,11,14-16,20H,7-10,12-13H2,1-4H3,(H,23,26). The fourth-order valence-electron chi connectivity index (χ4n) is 4.26. The van der Waals surface area contributed by atoms with Crippen molar-refractivity contribution in [2.24, 2.45) is 5.92 Å². The van der Waals surface area contributed by atoms with E-state index in [0.29, 0.717) is 13.1 Å². The Labute approximate surface area is 183 Å². The van der Waals surface area contributed by atoms with Gasteiger partial charge in [0.05, 0.1) is 31.5 Å². The minimum Gasteiger partial charge on any atom is -0.379 e. The summed E-state index contributed by atoms with van der Waals surface area (Å²) >= 11 is 0. The van der Waals surface area contributed by atoms with Gasteiger partial charge in [-0.05, 0) is 38.0 Å². The Morgan fingerprint density at radius 2 is 1.77 bits per heavy atom. The molecule has 2 aliphatic rings. The van der Waals surface area contributed by atoms with Crippen molar-refractivity contribution >= 4 is 21.6 Å². The summed E-state index contributed by atoms with van der Waals surface area (Å²) in [4.78, 5) is 14.8. The van der Waals surface area contributed by atoms with E-state index < -0.39 is 26.8 Å². The largest absolute Gasteiger partial charge is 0.379 e. The fourth-order valence-corrected chi connectivity index (χ4v) is 5.75. The molecule has 3 rings (SSSR count). The number of amides is 1. The normalized spacial score (nSPS) is 24.8. The van der Waals surface area contributed by atoms with Crippen LogP contribution in [-0.2, 0) is 24.3 Å². The number of rotatable bonds is 6. The van der Waals surface area contributed by atoms with E-state index >= 15 is 0 Å². The molecule has 10 heteroatoms. The first-order valence-electron chi connectivity index (χ1n) is 10.7. The van der Waals surface area contributed by atoms with Crippen molar-refractivity contribution in [1.82, 2.24) is 9.21 Å². The molecule has 0 radical (unpaired) electrons. The summed E-state index contributed by atoms with van der Waals surface area (Å²) in [7, 11) is -4.02. The van der Waals surface area contributed by atoms with Crippen LogP contribution in [0, 0.1) is 11.7 Å². The average molecular weight is 458 g/mol. The lowest BCUT2D eigenvalue weighted by Crippen LogP contribution is -2.55. The highest BCUT2D eigenvalue weighted by Gasteiger charge is 2.35. The van der Waals surface area contributed by atoms with Crippen molar-refractivity contribution in [2.75, 3.05) is 44.7 Å². The van der Waals surface area contributed by atoms with Gasteiger partial charge in [0.2, 0.25) is 15.9 Å². The van der Waals surface area contributed by atoms with Crippen molar-refractivity contribution in [1.29, 1.82) is 0 Å². The first kappa shape index (κ1) is 24.1. The van der Waals surface area contributed by atoms with Gasteiger partial charge in [0.25, 0.3) is 0 Å². The van der Waals surface area contributed by atoms with Gasteiger partial charge in [-0.1, -0.05) is 13.8 Å². The highest BCUT2D eigenvalue weighted by Crippen LogP contribution is 2.25. The van der Waals surface area contributed by atoms with Crippen LogP contribution in [0.25, 0.3) is 0 Å². The number of hydrogen-bond acceptors (Lipinski definition) is 6. The third kappa shape index (κ3) is 5.61. The van der Waals surface area contributed by atoms with Crippen LogP contribution in [0.4, 0.5) is 10.1 Å². The number of halogens is 1. The van der Waals surface area contributed by atoms with E-state index in [1.54, 1.807) is 0 Å². The van der Waals surface area contributed by atoms with Gasteiger partial charge in [-0.2, -0.15) is 4.31 Å². The fraction of sp³-hybridized carbons (Fsp3) is 0.667. The Morgan fingerprint density at radius 1 is 1.16 bits per heavy atom. The van der Waals surface area contributed by atoms with Crippen molar-refractivity contribution < 1.29 is 27.1 Å². The van der Waals surface area contributed by atoms with Crippen LogP contribution in [0.1, 0.15) is 27.7 Å². The number of anilines is 1. The number of benzene rings is 1. The zero-order valence-electron chi connectivity index (χ0n) is 18.5. The van der Waals surface area contributed by atoms with Gasteiger partial charge in [-0.15, -0.1) is 0 Å². The summed E-state index contributed by atoms with van der Waals surface area (Å²) < 4.78 is 52.4. The van der Waals surface area contributed by atoms with Crippen molar-refractivity contribution in [3.63, 3.8) is 0 Å². The first-order valence-corrected chi connectivity index (χ1v) is 12.1.